The third-order valence-electron chi connectivity index (χ3n) is 1.15. The van der Waals surface area contributed by atoms with Gasteiger partial charge in [0.15, 0.2) is 0 Å². The van der Waals surface area contributed by atoms with Crippen molar-refractivity contribution < 1.29 is 0 Å². The van der Waals surface area contributed by atoms with Gasteiger partial charge in [-0.25, -0.2) is 4.98 Å². The van der Waals surface area contributed by atoms with E-state index in [2.05, 4.69) is 16.6 Å². The third-order valence-corrected chi connectivity index (χ3v) is 1.15. The quantitative estimate of drug-likeness (QED) is 0.552. The molecule has 1 rings (SSSR count). The maximum Gasteiger partial charge on any atom is 0.228 e. The average molecular weight is 135 g/mol. The van der Waals surface area contributed by atoms with E-state index in [1.54, 1.807) is 24.0 Å². The molecule has 0 saturated carbocycles. The number of rotatable bonds is 1. The van der Waals surface area contributed by atoms with Crippen LogP contribution in [0.3, 0.4) is 0 Å². The van der Waals surface area contributed by atoms with Crippen LogP contribution in [0.2, 0.25) is 0 Å². The maximum atomic E-state index is 3.99. The van der Waals surface area contributed by atoms with Crippen molar-refractivity contribution in [2.75, 3.05) is 7.05 Å². The molecule has 0 radical (unpaired) electrons. The number of nitrogens with zero attached hydrogens (tertiary/aromatic N) is 3. The first-order valence-electron chi connectivity index (χ1n) is 2.97. The van der Waals surface area contributed by atoms with Crippen LogP contribution < -0.4 is 5.62 Å². The second-order valence-corrected chi connectivity index (χ2v) is 1.73. The first kappa shape index (κ1) is 6.74. The van der Waals surface area contributed by atoms with Gasteiger partial charge in [0.25, 0.3) is 0 Å². The van der Waals surface area contributed by atoms with Crippen molar-refractivity contribution in [2.24, 2.45) is 4.99 Å². The molecule has 0 N–H and O–H groups in total. The van der Waals surface area contributed by atoms with E-state index in [4.69, 9.17) is 0 Å². The Morgan fingerprint density at radius 2 is 2.60 bits per heavy atom. The van der Waals surface area contributed by atoms with Crippen molar-refractivity contribution in [3.63, 3.8) is 0 Å². The first-order valence-corrected chi connectivity index (χ1v) is 2.97. The molecule has 0 saturated heterocycles. The van der Waals surface area contributed by atoms with Gasteiger partial charge in [-0.3, -0.25) is 9.56 Å². The first-order chi connectivity index (χ1) is 4.88. The summed E-state index contributed by atoms with van der Waals surface area (Å²) in [6.07, 6.45) is 5.21. The Labute approximate surface area is 59.4 Å². The van der Waals surface area contributed by atoms with E-state index in [1.807, 2.05) is 12.3 Å². The van der Waals surface area contributed by atoms with Gasteiger partial charge in [-0.05, 0) is 6.07 Å². The standard InChI is InChI=1S/C7H9N3/c1-3-10-6-4-5-9-7(10)8-2/h3-6H,1H2,2H3. The lowest BCUT2D eigenvalue weighted by molar-refractivity contribution is 0.900. The molecule has 10 heavy (non-hydrogen) atoms. The number of hydrogen-bond donors (Lipinski definition) is 0. The Morgan fingerprint density at radius 3 is 3.10 bits per heavy atom. The molecule has 1 aromatic rings. The molecule has 1 aromatic heterocycles. The molecule has 0 atom stereocenters. The monoisotopic (exact) mass is 135 g/mol. The molecule has 0 aliphatic heterocycles. The summed E-state index contributed by atoms with van der Waals surface area (Å²) >= 11 is 0. The fraction of sp³-hybridized carbons (Fsp3) is 0.143. The second-order valence-electron chi connectivity index (χ2n) is 1.73. The van der Waals surface area contributed by atoms with Crippen LogP contribution in [0.5, 0.6) is 0 Å². The van der Waals surface area contributed by atoms with Crippen molar-refractivity contribution >= 4 is 6.20 Å². The number of aromatic nitrogens is 2. The Hall–Kier alpha value is -1.38. The molecule has 3 nitrogen and oxygen atoms in total. The van der Waals surface area contributed by atoms with Gasteiger partial charge in [-0.1, -0.05) is 6.58 Å². The van der Waals surface area contributed by atoms with Gasteiger partial charge in [0.2, 0.25) is 5.62 Å². The minimum Gasteiger partial charge on any atom is -0.294 e. The van der Waals surface area contributed by atoms with Gasteiger partial charge in [-0.15, -0.1) is 0 Å². The fourth-order valence-electron chi connectivity index (χ4n) is 0.690. The van der Waals surface area contributed by atoms with Crippen LogP contribution in [0.25, 0.3) is 6.20 Å². The summed E-state index contributed by atoms with van der Waals surface area (Å²) in [6, 6.07) is 1.83. The van der Waals surface area contributed by atoms with Crippen LogP contribution >= 0.6 is 0 Å². The van der Waals surface area contributed by atoms with E-state index >= 15 is 0 Å². The van der Waals surface area contributed by atoms with Crippen molar-refractivity contribution in [2.45, 2.75) is 0 Å². The van der Waals surface area contributed by atoms with Gasteiger partial charge in [-0.2, -0.15) is 0 Å². The molecule has 0 unspecified atom stereocenters. The predicted molar refractivity (Wildman–Crippen MR) is 40.1 cm³/mol. The van der Waals surface area contributed by atoms with Crippen LogP contribution in [-0.2, 0) is 0 Å². The molecule has 1 heterocycles. The highest BCUT2D eigenvalue weighted by atomic mass is 15.1. The number of hydrogen-bond acceptors (Lipinski definition) is 2. The summed E-state index contributed by atoms with van der Waals surface area (Å²) in [7, 11) is 1.70. The zero-order chi connectivity index (χ0) is 7.40. The van der Waals surface area contributed by atoms with Crippen molar-refractivity contribution in [1.82, 2.24) is 9.55 Å². The Kier molecular flexibility index (Phi) is 1.99. The molecule has 0 fully saturated rings. The second kappa shape index (κ2) is 2.96. The van der Waals surface area contributed by atoms with E-state index in [9.17, 15) is 0 Å². The van der Waals surface area contributed by atoms with E-state index in [0.717, 1.165) is 0 Å². The lowest BCUT2D eigenvalue weighted by atomic mass is 10.6. The normalized spacial score (nSPS) is 11.5. The predicted octanol–water partition coefficient (Wildman–Crippen LogP) is 0.514. The van der Waals surface area contributed by atoms with Gasteiger partial charge in [0.1, 0.15) is 0 Å². The fourth-order valence-corrected chi connectivity index (χ4v) is 0.690. The largest absolute Gasteiger partial charge is 0.294 e. The van der Waals surface area contributed by atoms with Crippen LogP contribution in [0.4, 0.5) is 0 Å². The van der Waals surface area contributed by atoms with E-state index < -0.39 is 0 Å². The average Bonchev–Trinajstić information content (AvgIpc) is 2.04. The molecule has 52 valence electrons. The SMILES string of the molecule is C=Cn1cccnc1=NC. The summed E-state index contributed by atoms with van der Waals surface area (Å²) in [5.74, 6) is 0. The van der Waals surface area contributed by atoms with Gasteiger partial charge < -0.3 is 0 Å². The Bertz CT molecular complexity index is 285. The highest BCUT2D eigenvalue weighted by molar-refractivity contribution is 5.14. The smallest absolute Gasteiger partial charge is 0.228 e. The van der Waals surface area contributed by atoms with E-state index in [0.29, 0.717) is 5.62 Å². The minimum absolute atomic E-state index is 0.664. The Morgan fingerprint density at radius 1 is 1.80 bits per heavy atom. The molecular weight excluding hydrogens is 126 g/mol. The maximum absolute atomic E-state index is 3.99. The lowest BCUT2D eigenvalue weighted by Gasteiger charge is -1.94. The minimum atomic E-state index is 0.664. The molecule has 0 amide bonds. The molecule has 3 heteroatoms. The Balaban J connectivity index is 3.36. The van der Waals surface area contributed by atoms with Crippen LogP contribution in [0.1, 0.15) is 0 Å². The summed E-state index contributed by atoms with van der Waals surface area (Å²) in [5.41, 5.74) is 0.664. The summed E-state index contributed by atoms with van der Waals surface area (Å²) in [5, 5.41) is 0. The van der Waals surface area contributed by atoms with Crippen LogP contribution in [-0.4, -0.2) is 16.6 Å². The molecule has 0 bridgehead atoms. The highest BCUT2D eigenvalue weighted by Crippen LogP contribution is 1.76. The summed E-state index contributed by atoms with van der Waals surface area (Å²) < 4.78 is 1.75. The van der Waals surface area contributed by atoms with E-state index in [1.165, 1.54) is 0 Å². The van der Waals surface area contributed by atoms with Crippen molar-refractivity contribution in [3.05, 3.63) is 30.7 Å². The summed E-state index contributed by atoms with van der Waals surface area (Å²) in [4.78, 5) is 7.92. The van der Waals surface area contributed by atoms with Gasteiger partial charge in [0, 0.05) is 25.6 Å². The van der Waals surface area contributed by atoms with Crippen LogP contribution in [0.15, 0.2) is 30.0 Å². The summed E-state index contributed by atoms with van der Waals surface area (Å²) in [6.45, 7) is 3.60. The molecule has 0 aliphatic rings. The zero-order valence-corrected chi connectivity index (χ0v) is 5.86. The van der Waals surface area contributed by atoms with Crippen molar-refractivity contribution in [3.8, 4) is 0 Å². The molecule has 0 aliphatic carbocycles. The van der Waals surface area contributed by atoms with Crippen molar-refractivity contribution in [1.29, 1.82) is 0 Å². The lowest BCUT2D eigenvalue weighted by Crippen LogP contribution is -2.18. The molecular formula is C7H9N3. The van der Waals surface area contributed by atoms with Gasteiger partial charge in [0.05, 0.1) is 0 Å². The zero-order valence-electron chi connectivity index (χ0n) is 5.86. The molecule has 0 spiro atoms. The van der Waals surface area contributed by atoms with Crippen LogP contribution in [0, 0.1) is 0 Å². The van der Waals surface area contributed by atoms with E-state index in [-0.39, 0.29) is 0 Å². The van der Waals surface area contributed by atoms with Gasteiger partial charge >= 0.3 is 0 Å². The highest BCUT2D eigenvalue weighted by Gasteiger charge is 1.82. The molecule has 0 aromatic carbocycles. The third kappa shape index (κ3) is 1.13. The topological polar surface area (TPSA) is 30.2 Å².